The average Bonchev–Trinajstić information content (AvgIpc) is 2.33. The Hall–Kier alpha value is -1.74. The fourth-order valence-corrected chi connectivity index (χ4v) is 1.98. The van der Waals surface area contributed by atoms with Gasteiger partial charge in [-0.05, 0) is 31.5 Å². The van der Waals surface area contributed by atoms with Gasteiger partial charge in [-0.15, -0.1) is 12.6 Å². The monoisotopic (exact) mass is 346 g/mol. The van der Waals surface area contributed by atoms with Crippen LogP contribution in [0.1, 0.15) is 29.8 Å². The van der Waals surface area contributed by atoms with Crippen LogP contribution in [0.25, 0.3) is 0 Å². The molecule has 1 rings (SSSR count). The Morgan fingerprint density at radius 3 is 2.23 bits per heavy atom. The molecule has 0 atom stereocenters. The molecule has 122 valence electrons. The largest absolute Gasteiger partial charge is 0.433 e. The maximum absolute atomic E-state index is 11.6. The summed E-state index contributed by atoms with van der Waals surface area (Å²) < 4.78 is 28.8. The van der Waals surface area contributed by atoms with Crippen LogP contribution in [-0.2, 0) is 21.3 Å². The average molecular weight is 346 g/mol. The number of benzene rings is 1. The third-order valence-corrected chi connectivity index (χ3v) is 2.92. The summed E-state index contributed by atoms with van der Waals surface area (Å²) in [5.41, 5.74) is 0.929. The molecule has 7 nitrogen and oxygen atoms in total. The normalized spacial score (nSPS) is 11.6. The third kappa shape index (κ3) is 7.32. The van der Waals surface area contributed by atoms with Crippen LogP contribution in [0.5, 0.6) is 0 Å². The van der Waals surface area contributed by atoms with E-state index in [0.717, 1.165) is 11.8 Å². The summed E-state index contributed by atoms with van der Waals surface area (Å²) in [4.78, 5) is 22.2. The molecule has 0 spiro atoms. The number of alkyl carbamates (subject to hydrolysis) is 1. The first-order valence-corrected chi connectivity index (χ1v) is 8.60. The van der Waals surface area contributed by atoms with E-state index in [1.807, 2.05) is 4.72 Å². The first-order chi connectivity index (χ1) is 9.96. The Morgan fingerprint density at radius 1 is 1.23 bits per heavy atom. The quantitative estimate of drug-likeness (QED) is 0.550. The summed E-state index contributed by atoms with van der Waals surface area (Å²) in [6.07, 6.45) is 0.288. The van der Waals surface area contributed by atoms with Gasteiger partial charge >= 0.3 is 6.09 Å². The predicted octanol–water partition coefficient (Wildman–Crippen LogP) is 1.27. The van der Waals surface area contributed by atoms with Crippen molar-refractivity contribution in [1.82, 2.24) is 10.0 Å². The van der Waals surface area contributed by atoms with Crippen molar-refractivity contribution >= 4 is 34.7 Å². The van der Waals surface area contributed by atoms with Crippen molar-refractivity contribution in [3.8, 4) is 0 Å². The maximum Gasteiger partial charge on any atom is 0.408 e. The molecule has 2 amide bonds. The van der Waals surface area contributed by atoms with Crippen LogP contribution < -0.4 is 10.0 Å². The minimum absolute atomic E-state index is 0.202. The predicted molar refractivity (Wildman–Crippen MR) is 85.1 cm³/mol. The van der Waals surface area contributed by atoms with E-state index < -0.39 is 27.0 Å². The van der Waals surface area contributed by atoms with Gasteiger partial charge in [-0.25, -0.2) is 17.9 Å². The number of carbonyl (C=O) groups is 2. The van der Waals surface area contributed by atoms with Crippen molar-refractivity contribution in [3.63, 3.8) is 0 Å². The summed E-state index contributed by atoms with van der Waals surface area (Å²) in [5, 5.41) is 2.54. The van der Waals surface area contributed by atoms with Crippen molar-refractivity contribution in [1.29, 1.82) is 0 Å². The lowest BCUT2D eigenvalue weighted by molar-refractivity contribution is 0.0971. The van der Waals surface area contributed by atoms with Gasteiger partial charge in [-0.2, -0.15) is 0 Å². The number of hydrogen-bond acceptors (Lipinski definition) is 6. The van der Waals surface area contributed by atoms with Crippen molar-refractivity contribution in [2.45, 2.75) is 25.3 Å². The molecule has 2 N–H and O–H groups in total. The van der Waals surface area contributed by atoms with Gasteiger partial charge in [0.2, 0.25) is 10.0 Å². The number of thiol groups is 1. The smallest absolute Gasteiger partial charge is 0.408 e. The van der Waals surface area contributed by atoms with E-state index in [1.165, 1.54) is 12.1 Å². The highest BCUT2D eigenvalue weighted by Gasteiger charge is 2.17. The standard InChI is InChI=1S/C13H18N2O5S2/c1-13(2,21)20-12(17)14-8-9-4-6-10(7-5-9)11(16)15-22(3,18)19/h4-7,21H,8H2,1-3H3,(H,14,17)(H,15,16). The Morgan fingerprint density at radius 2 is 1.77 bits per heavy atom. The molecule has 0 saturated heterocycles. The van der Waals surface area contributed by atoms with Crippen LogP contribution in [0.2, 0.25) is 0 Å². The van der Waals surface area contributed by atoms with E-state index in [9.17, 15) is 18.0 Å². The van der Waals surface area contributed by atoms with Gasteiger partial charge in [0.1, 0.15) is 0 Å². The van der Waals surface area contributed by atoms with Crippen LogP contribution in [0.4, 0.5) is 4.79 Å². The third-order valence-electron chi connectivity index (χ3n) is 2.27. The Balaban J connectivity index is 2.59. The second-order valence-corrected chi connectivity index (χ2v) is 7.92. The summed E-state index contributed by atoms with van der Waals surface area (Å²) in [6.45, 7) is 3.46. The topological polar surface area (TPSA) is 102 Å². The molecular weight excluding hydrogens is 328 g/mol. The van der Waals surface area contributed by atoms with E-state index in [0.29, 0.717) is 0 Å². The maximum atomic E-state index is 11.6. The van der Waals surface area contributed by atoms with Crippen LogP contribution in [-0.4, -0.2) is 31.6 Å². The van der Waals surface area contributed by atoms with Crippen LogP contribution >= 0.6 is 12.6 Å². The number of amides is 2. The number of nitrogens with one attached hydrogen (secondary N) is 2. The summed E-state index contributed by atoms with van der Waals surface area (Å²) in [5.74, 6) is -0.710. The van der Waals surface area contributed by atoms with E-state index in [4.69, 9.17) is 4.74 Å². The van der Waals surface area contributed by atoms with Crippen molar-refractivity contribution in [3.05, 3.63) is 35.4 Å². The lowest BCUT2D eigenvalue weighted by atomic mass is 10.1. The minimum atomic E-state index is -3.60. The Kier molecular flexibility index (Phi) is 5.84. The molecule has 1 aromatic carbocycles. The minimum Gasteiger partial charge on any atom is -0.433 e. The Bertz CT molecular complexity index is 648. The molecule has 0 aromatic heterocycles. The molecular formula is C13H18N2O5S2. The van der Waals surface area contributed by atoms with Gasteiger partial charge in [-0.3, -0.25) is 4.79 Å². The fraction of sp³-hybridized carbons (Fsp3) is 0.385. The van der Waals surface area contributed by atoms with Gasteiger partial charge in [0.25, 0.3) is 5.91 Å². The lowest BCUT2D eigenvalue weighted by Gasteiger charge is -2.18. The first-order valence-electron chi connectivity index (χ1n) is 6.26. The van der Waals surface area contributed by atoms with Gasteiger partial charge in [0.05, 0.1) is 6.26 Å². The summed E-state index contributed by atoms with van der Waals surface area (Å²) in [6, 6.07) is 6.13. The second kappa shape index (κ2) is 7.01. The molecule has 0 saturated carbocycles. The van der Waals surface area contributed by atoms with Gasteiger partial charge in [0.15, 0.2) is 4.93 Å². The molecule has 0 heterocycles. The van der Waals surface area contributed by atoms with Crippen LogP contribution in [0, 0.1) is 0 Å². The fourth-order valence-electron chi connectivity index (χ4n) is 1.44. The SMILES string of the molecule is CC(C)(S)OC(=O)NCc1ccc(C(=O)NS(C)(=O)=O)cc1. The zero-order valence-electron chi connectivity index (χ0n) is 12.4. The zero-order valence-corrected chi connectivity index (χ0v) is 14.1. The molecule has 0 aliphatic carbocycles. The number of sulfonamides is 1. The highest BCUT2D eigenvalue weighted by atomic mass is 32.2. The zero-order chi connectivity index (χ0) is 17.0. The van der Waals surface area contributed by atoms with E-state index >= 15 is 0 Å². The molecule has 0 fully saturated rings. The summed E-state index contributed by atoms with van der Waals surface area (Å²) >= 11 is 4.07. The van der Waals surface area contributed by atoms with Gasteiger partial charge in [-0.1, -0.05) is 12.1 Å². The number of hydrogen-bond donors (Lipinski definition) is 3. The van der Waals surface area contributed by atoms with Crippen molar-refractivity contribution < 1.29 is 22.7 Å². The molecule has 0 aliphatic heterocycles. The van der Waals surface area contributed by atoms with Crippen LogP contribution in [0.15, 0.2) is 24.3 Å². The highest BCUT2D eigenvalue weighted by molar-refractivity contribution is 7.89. The molecule has 9 heteroatoms. The molecule has 0 bridgehead atoms. The Labute approximate surface area is 134 Å². The number of ether oxygens (including phenoxy) is 1. The molecule has 0 radical (unpaired) electrons. The van der Waals surface area contributed by atoms with Crippen molar-refractivity contribution in [2.75, 3.05) is 6.26 Å². The second-order valence-electron chi connectivity index (χ2n) is 5.09. The number of rotatable bonds is 5. The van der Waals surface area contributed by atoms with E-state index in [1.54, 1.807) is 26.0 Å². The van der Waals surface area contributed by atoms with Crippen molar-refractivity contribution in [2.24, 2.45) is 0 Å². The number of carbonyl (C=O) groups excluding carboxylic acids is 2. The highest BCUT2D eigenvalue weighted by Crippen LogP contribution is 2.13. The van der Waals surface area contributed by atoms with E-state index in [2.05, 4.69) is 17.9 Å². The van der Waals surface area contributed by atoms with E-state index in [-0.39, 0.29) is 12.1 Å². The molecule has 1 aromatic rings. The summed E-state index contributed by atoms with van der Waals surface area (Å²) in [7, 11) is -3.60. The molecule has 22 heavy (non-hydrogen) atoms. The lowest BCUT2D eigenvalue weighted by Crippen LogP contribution is -2.31. The molecule has 0 aliphatic rings. The van der Waals surface area contributed by atoms with Gasteiger partial charge in [0, 0.05) is 12.1 Å². The first kappa shape index (κ1) is 18.3. The molecule has 0 unspecified atom stereocenters. The van der Waals surface area contributed by atoms with Gasteiger partial charge < -0.3 is 10.1 Å². The van der Waals surface area contributed by atoms with Crippen LogP contribution in [0.3, 0.4) is 0 Å².